The molecule has 7 heteroatoms. The van der Waals surface area contributed by atoms with Gasteiger partial charge in [-0.15, -0.1) is 0 Å². The largest absolute Gasteiger partial charge is 0.346 e. The molecule has 7 nitrogen and oxygen atoms in total. The van der Waals surface area contributed by atoms with E-state index >= 15 is 0 Å². The number of nitrogens with one attached hydrogen (secondary N) is 2. The zero-order valence-electron chi connectivity index (χ0n) is 18.4. The molecule has 4 rings (SSSR count). The number of rotatable bonds is 5. The lowest BCUT2D eigenvalue weighted by molar-refractivity contribution is 0.0910. The second-order valence-electron chi connectivity index (χ2n) is 9.39. The molecule has 2 aromatic heterocycles. The summed E-state index contributed by atoms with van der Waals surface area (Å²) in [5.41, 5.74) is 2.02. The molecule has 2 heterocycles. The highest BCUT2D eigenvalue weighted by atomic mass is 16.2. The Labute approximate surface area is 181 Å². The van der Waals surface area contributed by atoms with E-state index in [9.17, 15) is 14.4 Å². The number of hydrogen-bond donors (Lipinski definition) is 2. The van der Waals surface area contributed by atoms with Crippen LogP contribution in [-0.2, 0) is 13.0 Å². The number of benzene rings is 1. The van der Waals surface area contributed by atoms with Crippen molar-refractivity contribution in [1.82, 2.24) is 14.5 Å². The highest BCUT2D eigenvalue weighted by molar-refractivity contribution is 6.07. The fraction of sp³-hybridized carbons (Fsp3) is 0.375. The van der Waals surface area contributed by atoms with Gasteiger partial charge in [0, 0.05) is 53.6 Å². The standard InChI is InChI=1S/C24H28N4O3/c1-24(2)13-19-17(21(29)14-24)12-18(23(31)26-19)22(30)25-16-5-6-20-15(11-16)7-8-28(20)10-9-27(3)4/h5-8,11-12H,9-10,13-14H2,1-4H3,(H,25,30)(H,26,31). The third-order valence-corrected chi connectivity index (χ3v) is 5.78. The van der Waals surface area contributed by atoms with E-state index in [1.807, 2.05) is 58.4 Å². The number of pyridine rings is 1. The lowest BCUT2D eigenvalue weighted by Gasteiger charge is -2.29. The molecule has 2 N–H and O–H groups in total. The minimum atomic E-state index is -0.520. The summed E-state index contributed by atoms with van der Waals surface area (Å²) in [6.07, 6.45) is 3.03. The Hall–Kier alpha value is -3.19. The maximum Gasteiger partial charge on any atom is 0.261 e. The molecule has 0 fully saturated rings. The van der Waals surface area contributed by atoms with Crippen LogP contribution in [0.5, 0.6) is 0 Å². The maximum atomic E-state index is 12.8. The van der Waals surface area contributed by atoms with Gasteiger partial charge < -0.3 is 19.8 Å². The van der Waals surface area contributed by atoms with Crippen molar-refractivity contribution in [2.75, 3.05) is 26.0 Å². The summed E-state index contributed by atoms with van der Waals surface area (Å²) in [5.74, 6) is -0.565. The second kappa shape index (κ2) is 7.81. The monoisotopic (exact) mass is 420 g/mol. The molecule has 0 aliphatic heterocycles. The molecular weight excluding hydrogens is 392 g/mol. The van der Waals surface area contributed by atoms with Crippen LogP contribution in [0.1, 0.15) is 46.7 Å². The van der Waals surface area contributed by atoms with Gasteiger partial charge in [-0.1, -0.05) is 13.8 Å². The van der Waals surface area contributed by atoms with Crippen molar-refractivity contribution in [3.05, 3.63) is 63.7 Å². The molecule has 0 unspecified atom stereocenters. The normalized spacial score (nSPS) is 15.3. The summed E-state index contributed by atoms with van der Waals surface area (Å²) in [5, 5.41) is 3.81. The van der Waals surface area contributed by atoms with Crippen LogP contribution in [0.2, 0.25) is 0 Å². The Morgan fingerprint density at radius 1 is 1.16 bits per heavy atom. The number of hydrogen-bond acceptors (Lipinski definition) is 4. The number of anilines is 1. The van der Waals surface area contributed by atoms with Crippen molar-refractivity contribution in [2.45, 2.75) is 33.2 Å². The van der Waals surface area contributed by atoms with Gasteiger partial charge >= 0.3 is 0 Å². The number of ketones is 1. The van der Waals surface area contributed by atoms with Crippen LogP contribution in [0, 0.1) is 5.41 Å². The van der Waals surface area contributed by atoms with E-state index in [2.05, 4.69) is 19.8 Å². The van der Waals surface area contributed by atoms with Crippen molar-refractivity contribution in [2.24, 2.45) is 5.41 Å². The molecular formula is C24H28N4O3. The van der Waals surface area contributed by atoms with Crippen LogP contribution in [0.15, 0.2) is 41.3 Å². The third kappa shape index (κ3) is 4.32. The molecule has 1 aromatic carbocycles. The number of carbonyl (C=O) groups excluding carboxylic acids is 2. The Balaban J connectivity index is 1.57. The van der Waals surface area contributed by atoms with Crippen molar-refractivity contribution >= 4 is 28.3 Å². The Morgan fingerprint density at radius 2 is 1.94 bits per heavy atom. The van der Waals surface area contributed by atoms with Gasteiger partial charge in [0.15, 0.2) is 5.78 Å². The maximum absolute atomic E-state index is 12.8. The first-order chi connectivity index (χ1) is 14.6. The summed E-state index contributed by atoms with van der Waals surface area (Å²) in [6.45, 7) is 5.80. The fourth-order valence-electron chi connectivity index (χ4n) is 4.18. The Kier molecular flexibility index (Phi) is 5.31. The van der Waals surface area contributed by atoms with Gasteiger partial charge in [0.2, 0.25) is 0 Å². The average Bonchev–Trinajstić information content (AvgIpc) is 3.07. The number of aromatic nitrogens is 2. The predicted octanol–water partition coefficient (Wildman–Crippen LogP) is 3.30. The van der Waals surface area contributed by atoms with Crippen molar-refractivity contribution in [3.63, 3.8) is 0 Å². The summed E-state index contributed by atoms with van der Waals surface area (Å²) in [4.78, 5) is 42.8. The zero-order valence-corrected chi connectivity index (χ0v) is 18.4. The van der Waals surface area contributed by atoms with Gasteiger partial charge in [0.25, 0.3) is 11.5 Å². The molecule has 162 valence electrons. The quantitative estimate of drug-likeness (QED) is 0.663. The van der Waals surface area contributed by atoms with Gasteiger partial charge in [-0.05, 0) is 56.3 Å². The topological polar surface area (TPSA) is 87.2 Å². The van der Waals surface area contributed by atoms with E-state index < -0.39 is 11.5 Å². The minimum absolute atomic E-state index is 0.0444. The van der Waals surface area contributed by atoms with Crippen molar-refractivity contribution < 1.29 is 9.59 Å². The molecule has 0 saturated carbocycles. The molecule has 31 heavy (non-hydrogen) atoms. The molecule has 0 bridgehead atoms. The number of amides is 1. The third-order valence-electron chi connectivity index (χ3n) is 5.78. The van der Waals surface area contributed by atoms with Gasteiger partial charge in [0.1, 0.15) is 5.56 Å². The van der Waals surface area contributed by atoms with E-state index in [1.54, 1.807) is 0 Å². The van der Waals surface area contributed by atoms with E-state index in [0.29, 0.717) is 29.8 Å². The smallest absolute Gasteiger partial charge is 0.261 e. The second-order valence-corrected chi connectivity index (χ2v) is 9.39. The Morgan fingerprint density at radius 3 is 2.68 bits per heavy atom. The minimum Gasteiger partial charge on any atom is -0.346 e. The van der Waals surface area contributed by atoms with E-state index in [0.717, 1.165) is 24.0 Å². The summed E-state index contributed by atoms with van der Waals surface area (Å²) >= 11 is 0. The van der Waals surface area contributed by atoms with Gasteiger partial charge in [0.05, 0.1) is 0 Å². The summed E-state index contributed by atoms with van der Waals surface area (Å²) in [7, 11) is 4.08. The molecule has 1 aliphatic rings. The molecule has 0 saturated heterocycles. The van der Waals surface area contributed by atoms with Crippen LogP contribution >= 0.6 is 0 Å². The first-order valence-corrected chi connectivity index (χ1v) is 10.5. The van der Waals surface area contributed by atoms with Gasteiger partial charge in [-0.3, -0.25) is 14.4 Å². The first-order valence-electron chi connectivity index (χ1n) is 10.5. The first kappa shape index (κ1) is 21.1. The lowest BCUT2D eigenvalue weighted by atomic mass is 9.75. The molecule has 1 amide bonds. The van der Waals surface area contributed by atoms with Gasteiger partial charge in [-0.2, -0.15) is 0 Å². The number of carbonyl (C=O) groups is 2. The summed E-state index contributed by atoms with van der Waals surface area (Å²) in [6, 6.07) is 9.12. The van der Waals surface area contributed by atoms with Crippen LogP contribution in [-0.4, -0.2) is 46.8 Å². The van der Waals surface area contributed by atoms with Crippen LogP contribution in [0.25, 0.3) is 10.9 Å². The SMILES string of the molecule is CN(C)CCn1ccc2cc(NC(=O)c3cc4c([nH]c3=O)CC(C)(C)CC4=O)ccc21. The number of nitrogens with zero attached hydrogens (tertiary/aromatic N) is 2. The molecule has 1 aliphatic carbocycles. The number of likely N-dealkylation sites (N-methyl/N-ethyl adjacent to an activating group) is 1. The van der Waals surface area contributed by atoms with Crippen LogP contribution in [0.3, 0.4) is 0 Å². The van der Waals surface area contributed by atoms with Crippen molar-refractivity contribution in [1.29, 1.82) is 0 Å². The van der Waals surface area contributed by atoms with Gasteiger partial charge in [-0.25, -0.2) is 0 Å². The number of fused-ring (bicyclic) bond motifs is 2. The average molecular weight is 421 g/mol. The number of H-pyrrole nitrogens is 1. The highest BCUT2D eigenvalue weighted by Crippen LogP contribution is 2.33. The summed E-state index contributed by atoms with van der Waals surface area (Å²) < 4.78 is 2.17. The van der Waals surface area contributed by atoms with E-state index in [4.69, 9.17) is 0 Å². The van der Waals surface area contributed by atoms with Crippen LogP contribution < -0.4 is 10.9 Å². The van der Waals surface area contributed by atoms with Crippen molar-refractivity contribution in [3.8, 4) is 0 Å². The predicted molar refractivity (Wildman–Crippen MR) is 122 cm³/mol. The number of Topliss-reactive ketones (excluding diaryl/α,β-unsaturated/α-hetero) is 1. The molecule has 0 atom stereocenters. The van der Waals surface area contributed by atoms with E-state index in [-0.39, 0.29) is 16.8 Å². The molecule has 0 spiro atoms. The van der Waals surface area contributed by atoms with E-state index in [1.165, 1.54) is 6.07 Å². The molecule has 3 aromatic rings. The lowest BCUT2D eigenvalue weighted by Crippen LogP contribution is -2.32. The molecule has 0 radical (unpaired) electrons. The fourth-order valence-corrected chi connectivity index (χ4v) is 4.18. The zero-order chi connectivity index (χ0) is 22.3. The Bertz CT molecular complexity index is 1230. The number of aromatic amines is 1. The highest BCUT2D eigenvalue weighted by Gasteiger charge is 2.32. The van der Waals surface area contributed by atoms with Crippen LogP contribution in [0.4, 0.5) is 5.69 Å².